The fourth-order valence-electron chi connectivity index (χ4n) is 0.728. The molecule has 0 aliphatic carbocycles. The summed E-state index contributed by atoms with van der Waals surface area (Å²) in [4.78, 5) is 7.86. The third-order valence-corrected chi connectivity index (χ3v) is 2.79. The average Bonchev–Trinajstić information content (AvgIpc) is 1.96. The van der Waals surface area contributed by atoms with Gasteiger partial charge in [-0.15, -0.1) is 0 Å². The number of aromatic nitrogens is 2. The maximum atomic E-state index is 5.93. The lowest BCUT2D eigenvalue weighted by Crippen LogP contribution is -2.08. The van der Waals surface area contributed by atoms with Crippen LogP contribution in [-0.2, 0) is 0 Å². The van der Waals surface area contributed by atoms with Gasteiger partial charge in [0.2, 0.25) is 0 Å². The molecular formula is C8H12ClN3S. The number of nitrogens with two attached hydrogens (primary N) is 1. The number of nitrogen functional groups attached to an aromatic ring is 1. The van der Waals surface area contributed by atoms with Gasteiger partial charge in [-0.1, -0.05) is 44.1 Å². The van der Waals surface area contributed by atoms with Gasteiger partial charge in [-0.2, -0.15) is 0 Å². The molecule has 3 nitrogen and oxygen atoms in total. The molecule has 0 aromatic carbocycles. The average molecular weight is 218 g/mol. The Kier molecular flexibility index (Phi) is 3.03. The number of anilines is 1. The highest BCUT2D eigenvalue weighted by molar-refractivity contribution is 8.00. The largest absolute Gasteiger partial charge is 0.382 e. The minimum atomic E-state index is 0.0738. The second-order valence-electron chi connectivity index (χ2n) is 3.59. The van der Waals surface area contributed by atoms with Gasteiger partial charge in [-0.3, -0.25) is 0 Å². The van der Waals surface area contributed by atoms with E-state index in [0.29, 0.717) is 10.8 Å². The zero-order valence-corrected chi connectivity index (χ0v) is 9.41. The Bertz CT molecular complexity index is 309. The van der Waals surface area contributed by atoms with E-state index in [1.807, 2.05) is 0 Å². The van der Waals surface area contributed by atoms with Gasteiger partial charge in [0.15, 0.2) is 0 Å². The van der Waals surface area contributed by atoms with Crippen LogP contribution < -0.4 is 5.73 Å². The minimum absolute atomic E-state index is 0.0738. The molecule has 0 aliphatic rings. The summed E-state index contributed by atoms with van der Waals surface area (Å²) in [7, 11) is 0. The monoisotopic (exact) mass is 217 g/mol. The molecule has 0 amide bonds. The molecule has 0 spiro atoms. The number of rotatable bonds is 1. The normalized spacial score (nSPS) is 11.7. The van der Waals surface area contributed by atoms with Gasteiger partial charge in [0, 0.05) is 4.75 Å². The number of thioether (sulfide) groups is 1. The highest BCUT2D eigenvalue weighted by Crippen LogP contribution is 2.36. The van der Waals surface area contributed by atoms with Crippen molar-refractivity contribution in [2.45, 2.75) is 30.5 Å². The quantitative estimate of drug-likeness (QED) is 0.581. The Morgan fingerprint density at radius 2 is 2.00 bits per heavy atom. The van der Waals surface area contributed by atoms with E-state index in [1.54, 1.807) is 11.8 Å². The molecule has 72 valence electrons. The smallest absolute Gasteiger partial charge is 0.146 e. The zero-order valence-electron chi connectivity index (χ0n) is 7.84. The Morgan fingerprint density at radius 3 is 2.54 bits per heavy atom. The summed E-state index contributed by atoms with van der Waals surface area (Å²) in [5, 5.41) is 1.18. The first-order valence-corrected chi connectivity index (χ1v) is 5.04. The predicted molar refractivity (Wildman–Crippen MR) is 57.1 cm³/mol. The fraction of sp³-hybridized carbons (Fsp3) is 0.500. The SMILES string of the molecule is CC(C)(C)Sc1ncnc(N)c1Cl. The van der Waals surface area contributed by atoms with Crippen molar-refractivity contribution < 1.29 is 0 Å². The van der Waals surface area contributed by atoms with E-state index >= 15 is 0 Å². The molecule has 0 aliphatic heterocycles. The molecule has 0 fully saturated rings. The number of hydrogen-bond donors (Lipinski definition) is 1. The number of halogens is 1. The fourth-order valence-corrected chi connectivity index (χ4v) is 1.81. The third-order valence-electron chi connectivity index (χ3n) is 1.19. The van der Waals surface area contributed by atoms with Crippen molar-refractivity contribution in [2.75, 3.05) is 5.73 Å². The van der Waals surface area contributed by atoms with Crippen LogP contribution in [0.5, 0.6) is 0 Å². The Balaban J connectivity index is 2.96. The lowest BCUT2D eigenvalue weighted by Gasteiger charge is -2.17. The highest BCUT2D eigenvalue weighted by atomic mass is 35.5. The molecular weight excluding hydrogens is 206 g/mol. The van der Waals surface area contributed by atoms with Crippen molar-refractivity contribution in [3.8, 4) is 0 Å². The van der Waals surface area contributed by atoms with Gasteiger partial charge in [0.1, 0.15) is 22.2 Å². The van der Waals surface area contributed by atoms with Gasteiger partial charge in [0.25, 0.3) is 0 Å². The molecule has 1 aromatic rings. The molecule has 0 saturated heterocycles. The summed E-state index contributed by atoms with van der Waals surface area (Å²) in [5.41, 5.74) is 5.54. The maximum Gasteiger partial charge on any atom is 0.146 e. The third kappa shape index (κ3) is 3.04. The highest BCUT2D eigenvalue weighted by Gasteiger charge is 2.16. The Labute approximate surface area is 87.1 Å². The summed E-state index contributed by atoms with van der Waals surface area (Å²) in [5.74, 6) is 0.336. The van der Waals surface area contributed by atoms with Crippen LogP contribution in [0.15, 0.2) is 11.4 Å². The molecule has 5 heteroatoms. The maximum absolute atomic E-state index is 5.93. The van der Waals surface area contributed by atoms with Crippen molar-refractivity contribution in [3.63, 3.8) is 0 Å². The zero-order chi connectivity index (χ0) is 10.1. The summed E-state index contributed by atoms with van der Waals surface area (Å²) in [6.45, 7) is 6.27. The summed E-state index contributed by atoms with van der Waals surface area (Å²) in [6.07, 6.45) is 1.43. The van der Waals surface area contributed by atoms with Crippen LogP contribution in [0.1, 0.15) is 20.8 Å². The van der Waals surface area contributed by atoms with Crippen molar-refractivity contribution in [1.82, 2.24) is 9.97 Å². The first kappa shape index (κ1) is 10.6. The first-order valence-electron chi connectivity index (χ1n) is 3.85. The van der Waals surface area contributed by atoms with Crippen LogP contribution in [0.3, 0.4) is 0 Å². The van der Waals surface area contributed by atoms with Crippen LogP contribution in [-0.4, -0.2) is 14.7 Å². The van der Waals surface area contributed by atoms with Crippen LogP contribution in [0.2, 0.25) is 5.02 Å². The van der Waals surface area contributed by atoms with Gasteiger partial charge in [-0.25, -0.2) is 9.97 Å². The van der Waals surface area contributed by atoms with E-state index in [2.05, 4.69) is 30.7 Å². The molecule has 0 radical (unpaired) electrons. The van der Waals surface area contributed by atoms with Crippen molar-refractivity contribution in [1.29, 1.82) is 0 Å². The van der Waals surface area contributed by atoms with Gasteiger partial charge in [-0.05, 0) is 0 Å². The van der Waals surface area contributed by atoms with E-state index in [0.717, 1.165) is 5.03 Å². The van der Waals surface area contributed by atoms with Gasteiger partial charge in [0.05, 0.1) is 0 Å². The van der Waals surface area contributed by atoms with Crippen LogP contribution in [0, 0.1) is 0 Å². The lowest BCUT2D eigenvalue weighted by molar-refractivity contribution is 0.798. The second kappa shape index (κ2) is 3.72. The second-order valence-corrected chi connectivity index (χ2v) is 5.79. The summed E-state index contributed by atoms with van der Waals surface area (Å²) >= 11 is 7.51. The summed E-state index contributed by atoms with van der Waals surface area (Å²) in [6, 6.07) is 0. The Hall–Kier alpha value is -0.480. The van der Waals surface area contributed by atoms with Crippen LogP contribution in [0.4, 0.5) is 5.82 Å². The molecule has 0 bridgehead atoms. The topological polar surface area (TPSA) is 51.8 Å². The number of hydrogen-bond acceptors (Lipinski definition) is 4. The van der Waals surface area contributed by atoms with E-state index in [1.165, 1.54) is 6.33 Å². The summed E-state index contributed by atoms with van der Waals surface area (Å²) < 4.78 is 0.0738. The molecule has 0 saturated carbocycles. The molecule has 1 rings (SSSR count). The van der Waals surface area contributed by atoms with E-state index < -0.39 is 0 Å². The van der Waals surface area contributed by atoms with E-state index in [9.17, 15) is 0 Å². The molecule has 0 atom stereocenters. The predicted octanol–water partition coefficient (Wildman–Crippen LogP) is 2.60. The van der Waals surface area contributed by atoms with Crippen molar-refractivity contribution in [3.05, 3.63) is 11.3 Å². The first-order chi connectivity index (χ1) is 5.90. The molecule has 2 N–H and O–H groups in total. The minimum Gasteiger partial charge on any atom is -0.382 e. The Morgan fingerprint density at radius 1 is 1.38 bits per heavy atom. The lowest BCUT2D eigenvalue weighted by atomic mass is 10.3. The molecule has 1 aromatic heterocycles. The van der Waals surface area contributed by atoms with E-state index in [4.69, 9.17) is 17.3 Å². The number of nitrogens with zero attached hydrogens (tertiary/aromatic N) is 2. The van der Waals surface area contributed by atoms with Crippen LogP contribution >= 0.6 is 23.4 Å². The molecule has 13 heavy (non-hydrogen) atoms. The van der Waals surface area contributed by atoms with E-state index in [-0.39, 0.29) is 4.75 Å². The van der Waals surface area contributed by atoms with Crippen molar-refractivity contribution in [2.24, 2.45) is 0 Å². The van der Waals surface area contributed by atoms with Gasteiger partial charge >= 0.3 is 0 Å². The van der Waals surface area contributed by atoms with Crippen molar-refractivity contribution >= 4 is 29.2 Å². The van der Waals surface area contributed by atoms with Gasteiger partial charge < -0.3 is 5.73 Å². The van der Waals surface area contributed by atoms with Crippen LogP contribution in [0.25, 0.3) is 0 Å². The standard InChI is InChI=1S/C8H12ClN3S/c1-8(2,3)13-7-5(9)6(10)11-4-12-7/h4H,1-3H3,(H2,10,11,12). The molecule has 1 heterocycles. The molecule has 0 unspecified atom stereocenters.